The summed E-state index contributed by atoms with van der Waals surface area (Å²) in [5, 5.41) is 6.39. The van der Waals surface area contributed by atoms with E-state index in [1.165, 1.54) is 0 Å². The summed E-state index contributed by atoms with van der Waals surface area (Å²) >= 11 is 0. The summed E-state index contributed by atoms with van der Waals surface area (Å²) in [6.07, 6.45) is 5.59. The molecule has 1 aromatic heterocycles. The third-order valence-corrected chi connectivity index (χ3v) is 4.97. The van der Waals surface area contributed by atoms with Crippen molar-refractivity contribution < 1.29 is 4.79 Å². The van der Waals surface area contributed by atoms with Gasteiger partial charge in [0.05, 0.1) is 11.1 Å². The van der Waals surface area contributed by atoms with Crippen molar-refractivity contribution in [3.05, 3.63) is 54.2 Å². The summed E-state index contributed by atoms with van der Waals surface area (Å²) in [6, 6.07) is 14.5. The Kier molecular flexibility index (Phi) is 6.81. The highest BCUT2D eigenvalue weighted by Crippen LogP contribution is 2.27. The average Bonchev–Trinajstić information content (AvgIpc) is 2.63. The minimum absolute atomic E-state index is 0. The molecule has 6 heteroatoms. The first kappa shape index (κ1) is 20.4. The lowest BCUT2D eigenvalue weighted by molar-refractivity contribution is 0.0927. The lowest BCUT2D eigenvalue weighted by Gasteiger charge is -2.27. The normalized spacial score (nSPS) is 19.4. The molecule has 0 atom stereocenters. The summed E-state index contributed by atoms with van der Waals surface area (Å²) in [5.41, 5.74) is 7.37. The van der Waals surface area contributed by atoms with Crippen molar-refractivity contribution in [2.24, 2.45) is 5.73 Å². The fourth-order valence-corrected chi connectivity index (χ4v) is 3.63. The van der Waals surface area contributed by atoms with Crippen molar-refractivity contribution in [2.75, 3.05) is 0 Å². The van der Waals surface area contributed by atoms with E-state index in [2.05, 4.69) is 16.4 Å². The number of aromatic nitrogens is 1. The number of pyridine rings is 1. The zero-order valence-corrected chi connectivity index (χ0v) is 16.0. The number of carbonyl (C=O) groups excluding carboxylic acids is 1. The Labute approximate surface area is 165 Å². The Morgan fingerprint density at radius 3 is 2.46 bits per heavy atom. The number of nitrogens with zero attached hydrogens (tertiary/aromatic N) is 1. The summed E-state index contributed by atoms with van der Waals surface area (Å²) in [4.78, 5) is 17.3. The van der Waals surface area contributed by atoms with Crippen molar-refractivity contribution in [3.8, 4) is 0 Å². The first-order chi connectivity index (χ1) is 11.7. The second kappa shape index (κ2) is 8.67. The van der Waals surface area contributed by atoms with Crippen LogP contribution in [0.4, 0.5) is 0 Å². The number of hydrogen-bond donors (Lipinski definition) is 2. The second-order valence-electron chi connectivity index (χ2n) is 6.63. The highest BCUT2D eigenvalue weighted by atomic mass is 35.5. The van der Waals surface area contributed by atoms with Gasteiger partial charge < -0.3 is 11.1 Å². The van der Waals surface area contributed by atoms with E-state index in [1.807, 2.05) is 36.4 Å². The number of amides is 1. The first-order valence-electron chi connectivity index (χ1n) is 8.55. The van der Waals surface area contributed by atoms with Gasteiger partial charge in [0.15, 0.2) is 0 Å². The van der Waals surface area contributed by atoms with Gasteiger partial charge in [-0.15, -0.1) is 24.8 Å². The number of nitrogens with two attached hydrogens (primary N) is 1. The molecule has 1 aliphatic rings. The van der Waals surface area contributed by atoms with Gasteiger partial charge in [-0.3, -0.25) is 9.78 Å². The molecule has 3 N–H and O–H groups in total. The van der Waals surface area contributed by atoms with Crippen LogP contribution in [0.2, 0.25) is 0 Å². The van der Waals surface area contributed by atoms with Crippen molar-refractivity contribution in [1.82, 2.24) is 10.3 Å². The monoisotopic (exact) mass is 391 g/mol. The van der Waals surface area contributed by atoms with E-state index >= 15 is 0 Å². The molecule has 0 aliphatic heterocycles. The summed E-state index contributed by atoms with van der Waals surface area (Å²) < 4.78 is 0. The minimum Gasteiger partial charge on any atom is -0.349 e. The molecule has 0 radical (unpaired) electrons. The fourth-order valence-electron chi connectivity index (χ4n) is 3.63. The molecule has 138 valence electrons. The summed E-state index contributed by atoms with van der Waals surface area (Å²) in [7, 11) is 0. The van der Waals surface area contributed by atoms with Gasteiger partial charge >= 0.3 is 0 Å². The molecule has 1 aliphatic carbocycles. The van der Waals surface area contributed by atoms with Crippen molar-refractivity contribution in [3.63, 3.8) is 0 Å². The van der Waals surface area contributed by atoms with Gasteiger partial charge in [0.1, 0.15) is 0 Å². The fraction of sp³-hybridized carbons (Fsp3) is 0.300. The van der Waals surface area contributed by atoms with E-state index < -0.39 is 0 Å². The number of carbonyl (C=O) groups is 1. The molecule has 4 rings (SSSR count). The predicted octanol–water partition coefficient (Wildman–Crippen LogP) is 4.23. The van der Waals surface area contributed by atoms with Crippen LogP contribution in [0.5, 0.6) is 0 Å². The quantitative estimate of drug-likeness (QED) is 0.642. The molecule has 1 heterocycles. The largest absolute Gasteiger partial charge is 0.349 e. The zero-order valence-electron chi connectivity index (χ0n) is 14.4. The molecule has 1 fully saturated rings. The molecular formula is C20H23Cl2N3O. The highest BCUT2D eigenvalue weighted by Gasteiger charge is 2.22. The Hall–Kier alpha value is -1.88. The number of hydrogen-bond acceptors (Lipinski definition) is 3. The Morgan fingerprint density at radius 1 is 1.00 bits per heavy atom. The molecular weight excluding hydrogens is 369 g/mol. The van der Waals surface area contributed by atoms with Crippen LogP contribution in [-0.4, -0.2) is 23.0 Å². The topological polar surface area (TPSA) is 68.0 Å². The molecule has 0 unspecified atom stereocenters. The molecule has 2 aromatic carbocycles. The standard InChI is InChI=1S/C20H21N3O.2ClH/c21-14-7-9-15(10-8-14)23-20(24)18-12-13-4-1-2-5-16(13)17-6-3-11-22-19(17)18;;/h1-6,11-12,14-15H,7-10,21H2,(H,23,24);2*1H. The van der Waals surface area contributed by atoms with E-state index in [0.717, 1.165) is 47.4 Å². The molecule has 0 bridgehead atoms. The van der Waals surface area contributed by atoms with E-state index in [4.69, 9.17) is 5.73 Å². The maximum absolute atomic E-state index is 12.9. The summed E-state index contributed by atoms with van der Waals surface area (Å²) in [6.45, 7) is 0. The Bertz CT molecular complexity index is 908. The van der Waals surface area contributed by atoms with Crippen LogP contribution in [0.3, 0.4) is 0 Å². The molecule has 1 amide bonds. The van der Waals surface area contributed by atoms with E-state index in [0.29, 0.717) is 5.56 Å². The van der Waals surface area contributed by atoms with E-state index in [1.54, 1.807) is 6.20 Å². The molecule has 3 aromatic rings. The van der Waals surface area contributed by atoms with Gasteiger partial charge in [-0.05, 0) is 48.6 Å². The average molecular weight is 392 g/mol. The number of benzene rings is 2. The maximum Gasteiger partial charge on any atom is 0.253 e. The van der Waals surface area contributed by atoms with E-state index in [9.17, 15) is 4.79 Å². The lowest BCUT2D eigenvalue weighted by atomic mass is 9.91. The second-order valence-corrected chi connectivity index (χ2v) is 6.63. The minimum atomic E-state index is -0.0371. The van der Waals surface area contributed by atoms with Crippen LogP contribution in [0.25, 0.3) is 21.7 Å². The van der Waals surface area contributed by atoms with Gasteiger partial charge in [0, 0.05) is 23.7 Å². The van der Waals surface area contributed by atoms with Crippen molar-refractivity contribution >= 4 is 52.4 Å². The molecule has 4 nitrogen and oxygen atoms in total. The van der Waals surface area contributed by atoms with Crippen LogP contribution in [0, 0.1) is 0 Å². The Balaban J connectivity index is 0.00000121. The molecule has 1 saturated carbocycles. The number of rotatable bonds is 2. The van der Waals surface area contributed by atoms with Crippen LogP contribution in [-0.2, 0) is 0 Å². The van der Waals surface area contributed by atoms with Crippen LogP contribution < -0.4 is 11.1 Å². The smallest absolute Gasteiger partial charge is 0.253 e. The third kappa shape index (κ3) is 3.93. The molecule has 0 saturated heterocycles. The van der Waals surface area contributed by atoms with Gasteiger partial charge in [-0.1, -0.05) is 30.3 Å². The molecule has 0 spiro atoms. The van der Waals surface area contributed by atoms with Crippen molar-refractivity contribution in [1.29, 1.82) is 0 Å². The van der Waals surface area contributed by atoms with Gasteiger partial charge in [-0.25, -0.2) is 0 Å². The molecule has 26 heavy (non-hydrogen) atoms. The van der Waals surface area contributed by atoms with Gasteiger partial charge in [0.25, 0.3) is 5.91 Å². The number of fused-ring (bicyclic) bond motifs is 3. The summed E-state index contributed by atoms with van der Waals surface area (Å²) in [5.74, 6) is -0.0371. The highest BCUT2D eigenvalue weighted by molar-refractivity contribution is 6.15. The van der Waals surface area contributed by atoms with Crippen molar-refractivity contribution in [2.45, 2.75) is 37.8 Å². The SMILES string of the molecule is Cl.Cl.NC1CCC(NC(=O)c2cc3ccccc3c3cccnc23)CC1. The Morgan fingerprint density at radius 2 is 1.69 bits per heavy atom. The predicted molar refractivity (Wildman–Crippen MR) is 111 cm³/mol. The maximum atomic E-state index is 12.9. The van der Waals surface area contributed by atoms with Crippen LogP contribution in [0.15, 0.2) is 48.7 Å². The van der Waals surface area contributed by atoms with Gasteiger partial charge in [-0.2, -0.15) is 0 Å². The van der Waals surface area contributed by atoms with E-state index in [-0.39, 0.29) is 42.8 Å². The lowest BCUT2D eigenvalue weighted by Crippen LogP contribution is -2.40. The third-order valence-electron chi connectivity index (χ3n) is 4.97. The first-order valence-corrected chi connectivity index (χ1v) is 8.55. The number of nitrogens with one attached hydrogen (secondary N) is 1. The van der Waals surface area contributed by atoms with Crippen LogP contribution >= 0.6 is 24.8 Å². The number of halogens is 2. The zero-order chi connectivity index (χ0) is 16.5. The van der Waals surface area contributed by atoms with Gasteiger partial charge in [0.2, 0.25) is 0 Å². The van der Waals surface area contributed by atoms with Crippen LogP contribution in [0.1, 0.15) is 36.0 Å².